The average molecular weight is 406 g/mol. The average Bonchev–Trinajstić information content (AvgIpc) is 3.24. The fourth-order valence-corrected chi connectivity index (χ4v) is 4.70. The maximum absolute atomic E-state index is 4.68. The molecule has 0 saturated carbocycles. The van der Waals surface area contributed by atoms with Crippen molar-refractivity contribution in [2.24, 2.45) is 0 Å². The van der Waals surface area contributed by atoms with Gasteiger partial charge in [-0.05, 0) is 44.4 Å². The molecule has 0 bridgehead atoms. The maximum atomic E-state index is 4.68. The number of hydrogen-bond acceptors (Lipinski definition) is 6. The molecule has 2 aliphatic rings. The first-order valence-corrected chi connectivity index (χ1v) is 11.3. The molecule has 0 atom stereocenters. The Hall–Kier alpha value is -2.67. The number of imidazole rings is 1. The van der Waals surface area contributed by atoms with Crippen LogP contribution in [0.15, 0.2) is 43.0 Å². The predicted octanol–water partition coefficient (Wildman–Crippen LogP) is 3.03. The summed E-state index contributed by atoms with van der Waals surface area (Å²) in [7, 11) is 0. The Bertz CT molecular complexity index is 941. The lowest BCUT2D eigenvalue weighted by Crippen LogP contribution is -2.46. The number of anilines is 2. The molecule has 7 heteroatoms. The molecule has 0 unspecified atom stereocenters. The number of aryl methyl sites for hydroxylation is 1. The second-order valence-electron chi connectivity index (χ2n) is 8.37. The van der Waals surface area contributed by atoms with Crippen molar-refractivity contribution in [3.63, 3.8) is 0 Å². The van der Waals surface area contributed by atoms with Crippen molar-refractivity contribution in [1.29, 1.82) is 0 Å². The van der Waals surface area contributed by atoms with Gasteiger partial charge in [-0.1, -0.05) is 18.2 Å². The van der Waals surface area contributed by atoms with Crippen molar-refractivity contribution in [3.8, 4) is 0 Å². The Kier molecular flexibility index (Phi) is 5.79. The Morgan fingerprint density at radius 1 is 0.733 bits per heavy atom. The summed E-state index contributed by atoms with van der Waals surface area (Å²) in [4.78, 5) is 21.2. The highest BCUT2D eigenvalue weighted by molar-refractivity contribution is 5.83. The van der Waals surface area contributed by atoms with E-state index >= 15 is 0 Å². The summed E-state index contributed by atoms with van der Waals surface area (Å²) in [5, 5.41) is 0. The van der Waals surface area contributed by atoms with Crippen LogP contribution in [0.3, 0.4) is 0 Å². The molecule has 0 amide bonds. The molecule has 4 heterocycles. The van der Waals surface area contributed by atoms with Gasteiger partial charge < -0.3 is 14.4 Å². The van der Waals surface area contributed by atoms with E-state index in [1.165, 1.54) is 24.9 Å². The number of para-hydroxylation sites is 1. The van der Waals surface area contributed by atoms with Gasteiger partial charge >= 0.3 is 0 Å². The molecule has 0 radical (unpaired) electrons. The summed E-state index contributed by atoms with van der Waals surface area (Å²) in [5.74, 6) is 1.01. The van der Waals surface area contributed by atoms with Gasteiger partial charge in [-0.3, -0.25) is 4.90 Å². The lowest BCUT2D eigenvalue weighted by Gasteiger charge is -2.36. The molecule has 7 nitrogen and oxygen atoms in total. The third-order valence-corrected chi connectivity index (χ3v) is 6.40. The first-order valence-electron chi connectivity index (χ1n) is 11.3. The highest BCUT2D eigenvalue weighted by Gasteiger charge is 2.19. The number of benzene rings is 1. The Morgan fingerprint density at radius 3 is 2.33 bits per heavy atom. The standard InChI is InChI=1S/C23H31N7/c1-3-8-20(9-4-1)28-16-14-27(15-17-28)10-7-13-30-19-26-21-22(24-18-25-23(21)30)29-11-5-2-6-12-29/h1,3-4,8-9,18-19H,2,5-7,10-17H2. The lowest BCUT2D eigenvalue weighted by atomic mass is 10.1. The zero-order valence-corrected chi connectivity index (χ0v) is 17.7. The Labute approximate surface area is 178 Å². The molecule has 2 fully saturated rings. The van der Waals surface area contributed by atoms with Crippen molar-refractivity contribution >= 4 is 22.7 Å². The van der Waals surface area contributed by atoms with Crippen molar-refractivity contribution in [3.05, 3.63) is 43.0 Å². The first-order chi connectivity index (χ1) is 14.9. The van der Waals surface area contributed by atoms with E-state index in [9.17, 15) is 0 Å². The summed E-state index contributed by atoms with van der Waals surface area (Å²) in [5.41, 5.74) is 3.27. The third-order valence-electron chi connectivity index (χ3n) is 6.40. The van der Waals surface area contributed by atoms with Gasteiger partial charge in [0.05, 0.1) is 6.33 Å². The molecule has 2 aliphatic heterocycles. The number of hydrogen-bond donors (Lipinski definition) is 0. The van der Waals surface area contributed by atoms with Crippen LogP contribution >= 0.6 is 0 Å². The minimum absolute atomic E-state index is 0.950. The van der Waals surface area contributed by atoms with Crippen LogP contribution in [0.2, 0.25) is 0 Å². The van der Waals surface area contributed by atoms with Gasteiger partial charge in [-0.25, -0.2) is 15.0 Å². The Morgan fingerprint density at radius 2 is 1.53 bits per heavy atom. The van der Waals surface area contributed by atoms with E-state index in [0.29, 0.717) is 0 Å². The SMILES string of the molecule is c1ccc(N2CCN(CCCn3cnc4c(N5CCCCC5)ncnc43)CC2)cc1. The van der Waals surface area contributed by atoms with Crippen LogP contribution in [0, 0.1) is 0 Å². The number of aromatic nitrogens is 4. The second kappa shape index (κ2) is 9.00. The van der Waals surface area contributed by atoms with Gasteiger partial charge in [0.1, 0.15) is 6.33 Å². The van der Waals surface area contributed by atoms with E-state index in [2.05, 4.69) is 64.6 Å². The van der Waals surface area contributed by atoms with E-state index in [0.717, 1.165) is 75.8 Å². The second-order valence-corrected chi connectivity index (χ2v) is 8.37. The van der Waals surface area contributed by atoms with Crippen LogP contribution in [0.5, 0.6) is 0 Å². The minimum atomic E-state index is 0.950. The normalized spacial score (nSPS) is 18.3. The van der Waals surface area contributed by atoms with Crippen LogP contribution in [0.1, 0.15) is 25.7 Å². The predicted molar refractivity (Wildman–Crippen MR) is 121 cm³/mol. The quantitative estimate of drug-likeness (QED) is 0.628. The molecule has 3 aromatic rings. The highest BCUT2D eigenvalue weighted by Crippen LogP contribution is 2.24. The van der Waals surface area contributed by atoms with Crippen molar-refractivity contribution in [1.82, 2.24) is 24.4 Å². The fraction of sp³-hybridized carbons (Fsp3) is 0.522. The number of piperazine rings is 1. The highest BCUT2D eigenvalue weighted by atomic mass is 15.3. The molecule has 158 valence electrons. The molecule has 5 rings (SSSR count). The van der Waals surface area contributed by atoms with Gasteiger partial charge in [0.15, 0.2) is 17.0 Å². The van der Waals surface area contributed by atoms with Crippen LogP contribution in [-0.4, -0.2) is 70.2 Å². The minimum Gasteiger partial charge on any atom is -0.369 e. The van der Waals surface area contributed by atoms with Crippen LogP contribution in [0.4, 0.5) is 11.5 Å². The third kappa shape index (κ3) is 4.12. The summed E-state index contributed by atoms with van der Waals surface area (Å²) in [6.45, 7) is 8.68. The van der Waals surface area contributed by atoms with Gasteiger partial charge in [0, 0.05) is 51.5 Å². The van der Waals surface area contributed by atoms with Crippen molar-refractivity contribution in [2.45, 2.75) is 32.2 Å². The monoisotopic (exact) mass is 405 g/mol. The van der Waals surface area contributed by atoms with E-state index in [4.69, 9.17) is 0 Å². The molecule has 0 N–H and O–H groups in total. The number of nitrogens with zero attached hydrogens (tertiary/aromatic N) is 7. The van der Waals surface area contributed by atoms with Crippen molar-refractivity contribution in [2.75, 3.05) is 55.6 Å². The van der Waals surface area contributed by atoms with Gasteiger partial charge in [0.2, 0.25) is 0 Å². The molecule has 2 aromatic heterocycles. The Balaban J connectivity index is 1.16. The number of rotatable bonds is 6. The smallest absolute Gasteiger partial charge is 0.165 e. The first kappa shape index (κ1) is 19.3. The summed E-state index contributed by atoms with van der Waals surface area (Å²) in [6.07, 6.45) is 8.56. The van der Waals surface area contributed by atoms with Crippen molar-refractivity contribution < 1.29 is 0 Å². The summed E-state index contributed by atoms with van der Waals surface area (Å²) < 4.78 is 2.20. The molecular formula is C23H31N7. The maximum Gasteiger partial charge on any atom is 0.165 e. The number of fused-ring (bicyclic) bond motifs is 1. The molecule has 30 heavy (non-hydrogen) atoms. The molecule has 0 spiro atoms. The van der Waals surface area contributed by atoms with Gasteiger partial charge in [-0.2, -0.15) is 0 Å². The van der Waals surface area contributed by atoms with Gasteiger partial charge in [0.25, 0.3) is 0 Å². The summed E-state index contributed by atoms with van der Waals surface area (Å²) in [6, 6.07) is 10.7. The van der Waals surface area contributed by atoms with E-state index in [1.807, 2.05) is 6.33 Å². The fourth-order valence-electron chi connectivity index (χ4n) is 4.70. The molecule has 2 saturated heterocycles. The van der Waals surface area contributed by atoms with Gasteiger partial charge in [-0.15, -0.1) is 0 Å². The van der Waals surface area contributed by atoms with Crippen LogP contribution in [0.25, 0.3) is 11.2 Å². The zero-order chi connectivity index (χ0) is 20.2. The molecular weight excluding hydrogens is 374 g/mol. The lowest BCUT2D eigenvalue weighted by molar-refractivity contribution is 0.251. The molecule has 0 aliphatic carbocycles. The van der Waals surface area contributed by atoms with E-state index in [-0.39, 0.29) is 0 Å². The summed E-state index contributed by atoms with van der Waals surface area (Å²) >= 11 is 0. The van der Waals surface area contributed by atoms with Crippen LogP contribution in [-0.2, 0) is 6.54 Å². The van der Waals surface area contributed by atoms with E-state index in [1.54, 1.807) is 6.33 Å². The largest absolute Gasteiger partial charge is 0.369 e. The number of piperidine rings is 1. The van der Waals surface area contributed by atoms with Crippen LogP contribution < -0.4 is 9.80 Å². The topological polar surface area (TPSA) is 53.3 Å². The van der Waals surface area contributed by atoms with E-state index < -0.39 is 0 Å². The molecule has 1 aromatic carbocycles. The zero-order valence-electron chi connectivity index (χ0n) is 17.7.